The number of rotatable bonds is 5. The largest absolute Gasteiger partial charge is 0.383 e. The molecule has 1 amide bonds. The van der Waals surface area contributed by atoms with Crippen LogP contribution in [0.3, 0.4) is 0 Å². The van der Waals surface area contributed by atoms with Crippen molar-refractivity contribution in [2.24, 2.45) is 10.9 Å². The molecule has 3 N–H and O–H groups in total. The van der Waals surface area contributed by atoms with Gasteiger partial charge in [-0.15, -0.1) is 0 Å². The third-order valence-corrected chi connectivity index (χ3v) is 7.75. The Kier molecular flexibility index (Phi) is 6.12. The summed E-state index contributed by atoms with van der Waals surface area (Å²) >= 11 is 12.8. The molecule has 0 spiro atoms. The van der Waals surface area contributed by atoms with E-state index in [0.29, 0.717) is 41.3 Å². The van der Waals surface area contributed by atoms with Gasteiger partial charge in [-0.2, -0.15) is 0 Å². The van der Waals surface area contributed by atoms with E-state index in [0.717, 1.165) is 37.4 Å². The molecular weight excluding hydrogens is 485 g/mol. The minimum Gasteiger partial charge on any atom is -0.383 e. The van der Waals surface area contributed by atoms with E-state index in [4.69, 9.17) is 23.2 Å². The van der Waals surface area contributed by atoms with E-state index >= 15 is 0 Å². The first-order valence-electron chi connectivity index (χ1n) is 12.2. The molecule has 2 fully saturated rings. The van der Waals surface area contributed by atoms with Crippen LogP contribution in [-0.2, 0) is 4.79 Å². The van der Waals surface area contributed by atoms with Gasteiger partial charge >= 0.3 is 0 Å². The summed E-state index contributed by atoms with van der Waals surface area (Å²) in [6.07, 6.45) is 8.31. The molecule has 1 saturated carbocycles. The average molecular weight is 514 g/mol. The predicted octanol–water partition coefficient (Wildman–Crippen LogP) is 2.41. The van der Waals surface area contributed by atoms with Crippen molar-refractivity contribution in [1.29, 1.82) is 0 Å². The lowest BCUT2D eigenvalue weighted by Crippen LogP contribution is -2.52. The molecule has 1 saturated heterocycles. The molecule has 184 valence electrons. The highest BCUT2D eigenvalue weighted by atomic mass is 35.5. The van der Waals surface area contributed by atoms with Gasteiger partial charge in [0.25, 0.3) is 5.91 Å². The highest BCUT2D eigenvalue weighted by Crippen LogP contribution is 2.40. The Morgan fingerprint density at radius 1 is 1.11 bits per heavy atom. The SMILES string of the molecule is O=C(C1=CN=CCN1)N1CCN(CC2=C(c3ccc(Cl)cc3Cl)NC3CNC(C4CC4)=CN23)CC1. The van der Waals surface area contributed by atoms with Gasteiger partial charge in [0.2, 0.25) is 0 Å². The number of amides is 1. The molecule has 0 aromatic heterocycles. The van der Waals surface area contributed by atoms with Crippen LogP contribution in [0.1, 0.15) is 18.4 Å². The van der Waals surface area contributed by atoms with Gasteiger partial charge in [0.15, 0.2) is 0 Å². The highest BCUT2D eigenvalue weighted by Gasteiger charge is 2.38. The van der Waals surface area contributed by atoms with Gasteiger partial charge in [-0.05, 0) is 31.0 Å². The standard InChI is InChI=1S/C25H29Cl2N7O/c26-17-3-4-18(19(27)11-17)24-22(34-14-21(16-1-2-16)30-13-23(34)31-24)15-32-7-9-33(10-8-32)25(35)20-12-28-5-6-29-20/h3-5,11-12,14,16,23,29-31H,1-2,6-10,13,15H2. The lowest BCUT2D eigenvalue weighted by atomic mass is 10.1. The van der Waals surface area contributed by atoms with Crippen molar-refractivity contribution in [2.45, 2.75) is 19.0 Å². The van der Waals surface area contributed by atoms with Gasteiger partial charge in [-0.3, -0.25) is 14.7 Å². The summed E-state index contributed by atoms with van der Waals surface area (Å²) in [6.45, 7) is 5.21. The monoisotopic (exact) mass is 513 g/mol. The summed E-state index contributed by atoms with van der Waals surface area (Å²) in [5.74, 6) is 0.679. The number of fused-ring (bicyclic) bond motifs is 1. The van der Waals surface area contributed by atoms with E-state index < -0.39 is 0 Å². The van der Waals surface area contributed by atoms with Crippen LogP contribution >= 0.6 is 23.2 Å². The Labute approximate surface area is 215 Å². The van der Waals surface area contributed by atoms with E-state index in [1.807, 2.05) is 17.0 Å². The zero-order valence-electron chi connectivity index (χ0n) is 19.4. The molecule has 5 aliphatic rings. The van der Waals surface area contributed by atoms with Gasteiger partial charge < -0.3 is 25.8 Å². The predicted molar refractivity (Wildman–Crippen MR) is 139 cm³/mol. The number of hydrogen-bond donors (Lipinski definition) is 3. The van der Waals surface area contributed by atoms with Crippen LogP contribution in [0.5, 0.6) is 0 Å². The first kappa shape index (κ1) is 22.8. The van der Waals surface area contributed by atoms with E-state index in [9.17, 15) is 4.79 Å². The van der Waals surface area contributed by atoms with E-state index in [-0.39, 0.29) is 12.1 Å². The second kappa shape index (κ2) is 9.41. The van der Waals surface area contributed by atoms with Gasteiger partial charge in [0.05, 0.1) is 35.7 Å². The van der Waals surface area contributed by atoms with Gasteiger partial charge in [-0.25, -0.2) is 0 Å². The summed E-state index contributed by atoms with van der Waals surface area (Å²) in [5, 5.41) is 11.7. The third-order valence-electron chi connectivity index (χ3n) is 7.20. The number of piperazine rings is 1. The number of nitrogens with one attached hydrogen (secondary N) is 3. The van der Waals surface area contributed by atoms with Crippen LogP contribution in [0, 0.1) is 5.92 Å². The van der Waals surface area contributed by atoms with Crippen molar-refractivity contribution < 1.29 is 4.79 Å². The fourth-order valence-electron chi connectivity index (χ4n) is 5.10. The lowest BCUT2D eigenvalue weighted by Gasteiger charge is -2.37. The molecule has 4 aliphatic heterocycles. The van der Waals surface area contributed by atoms with Crippen LogP contribution < -0.4 is 16.0 Å². The van der Waals surface area contributed by atoms with Crippen molar-refractivity contribution in [3.05, 3.63) is 63.3 Å². The molecule has 4 heterocycles. The van der Waals surface area contributed by atoms with E-state index in [2.05, 4.69) is 36.9 Å². The normalized spacial score (nSPS) is 24.3. The second-order valence-electron chi connectivity index (χ2n) is 9.58. The first-order chi connectivity index (χ1) is 17.1. The molecule has 0 radical (unpaired) electrons. The van der Waals surface area contributed by atoms with Crippen molar-refractivity contribution in [3.63, 3.8) is 0 Å². The number of allylic oxidation sites excluding steroid dienone is 1. The molecule has 1 aliphatic carbocycles. The van der Waals surface area contributed by atoms with E-state index in [1.165, 1.54) is 24.2 Å². The Balaban J connectivity index is 1.23. The van der Waals surface area contributed by atoms with Crippen molar-refractivity contribution >= 4 is 41.0 Å². The third kappa shape index (κ3) is 4.62. The molecule has 10 heteroatoms. The molecule has 8 nitrogen and oxygen atoms in total. The van der Waals surface area contributed by atoms with Gasteiger partial charge in [0.1, 0.15) is 11.9 Å². The number of aliphatic imine (C=N–C) groups is 1. The van der Waals surface area contributed by atoms with Crippen molar-refractivity contribution in [3.8, 4) is 0 Å². The molecular formula is C25H29Cl2N7O. The summed E-state index contributed by atoms with van der Waals surface area (Å²) < 4.78 is 0. The highest BCUT2D eigenvalue weighted by molar-refractivity contribution is 6.35. The molecule has 0 bridgehead atoms. The summed E-state index contributed by atoms with van der Waals surface area (Å²) in [6, 6.07) is 5.68. The van der Waals surface area contributed by atoms with Crippen LogP contribution in [0.4, 0.5) is 0 Å². The Hall–Kier alpha value is -2.68. The first-order valence-corrected chi connectivity index (χ1v) is 13.0. The van der Waals surface area contributed by atoms with Crippen LogP contribution in [0.25, 0.3) is 5.70 Å². The second-order valence-corrected chi connectivity index (χ2v) is 10.4. The zero-order valence-corrected chi connectivity index (χ0v) is 20.9. The van der Waals surface area contributed by atoms with Gasteiger partial charge in [-0.1, -0.05) is 23.2 Å². The minimum atomic E-state index is 0.0241. The maximum Gasteiger partial charge on any atom is 0.271 e. The zero-order chi connectivity index (χ0) is 23.9. The maximum absolute atomic E-state index is 12.8. The number of carbonyl (C=O) groups is 1. The summed E-state index contributed by atoms with van der Waals surface area (Å²) in [5.41, 5.74) is 5.14. The lowest BCUT2D eigenvalue weighted by molar-refractivity contribution is -0.129. The fraction of sp³-hybridized carbons (Fsp3) is 0.440. The fourth-order valence-corrected chi connectivity index (χ4v) is 5.60. The summed E-state index contributed by atoms with van der Waals surface area (Å²) in [7, 11) is 0. The summed E-state index contributed by atoms with van der Waals surface area (Å²) in [4.78, 5) is 23.7. The molecule has 1 atom stereocenters. The quantitative estimate of drug-likeness (QED) is 0.561. The smallest absolute Gasteiger partial charge is 0.271 e. The number of halogens is 2. The maximum atomic E-state index is 12.8. The van der Waals surface area contributed by atoms with Crippen LogP contribution in [0.2, 0.25) is 10.0 Å². The Morgan fingerprint density at radius 3 is 2.66 bits per heavy atom. The van der Waals surface area contributed by atoms with Crippen molar-refractivity contribution in [1.82, 2.24) is 30.7 Å². The molecule has 1 unspecified atom stereocenters. The van der Waals surface area contributed by atoms with Crippen molar-refractivity contribution in [2.75, 3.05) is 45.8 Å². The van der Waals surface area contributed by atoms with E-state index in [1.54, 1.807) is 18.5 Å². The molecule has 1 aromatic rings. The van der Waals surface area contributed by atoms with Gasteiger partial charge in [0, 0.05) is 67.3 Å². The topological polar surface area (TPSA) is 75.2 Å². The Morgan fingerprint density at radius 2 is 1.94 bits per heavy atom. The number of nitrogens with zero attached hydrogens (tertiary/aromatic N) is 4. The molecule has 6 rings (SSSR count). The number of carbonyl (C=O) groups excluding carboxylic acids is 1. The minimum absolute atomic E-state index is 0.0241. The molecule has 1 aromatic carbocycles. The Bertz CT molecular complexity index is 1150. The number of benzene rings is 1. The van der Waals surface area contributed by atoms with Crippen LogP contribution in [0.15, 0.2) is 52.7 Å². The number of hydrogen-bond acceptors (Lipinski definition) is 7. The average Bonchev–Trinajstić information content (AvgIpc) is 3.67. The van der Waals surface area contributed by atoms with Crippen LogP contribution in [-0.4, -0.2) is 78.8 Å². The molecule has 35 heavy (non-hydrogen) atoms.